The van der Waals surface area contributed by atoms with Crippen molar-refractivity contribution in [1.29, 1.82) is 0 Å². The summed E-state index contributed by atoms with van der Waals surface area (Å²) < 4.78 is 69.5. The molecule has 3 heterocycles. The van der Waals surface area contributed by atoms with Crippen molar-refractivity contribution in [2.24, 2.45) is 5.92 Å². The van der Waals surface area contributed by atoms with Gasteiger partial charge in [-0.2, -0.15) is 26.3 Å². The molecule has 2 saturated heterocycles. The van der Waals surface area contributed by atoms with Gasteiger partial charge >= 0.3 is 24.3 Å². The minimum atomic E-state index is -5.08. The second-order valence-electron chi connectivity index (χ2n) is 8.46. The van der Waals surface area contributed by atoms with Crippen molar-refractivity contribution in [3.05, 3.63) is 42.1 Å². The molecular weight excluding hydrogens is 528 g/mol. The van der Waals surface area contributed by atoms with Crippen LogP contribution in [-0.2, 0) is 25.7 Å². The smallest absolute Gasteiger partial charge is 0.475 e. The molecular formula is C23H25F6N3O6. The fourth-order valence-electron chi connectivity index (χ4n) is 3.94. The van der Waals surface area contributed by atoms with Gasteiger partial charge in [-0.15, -0.1) is 0 Å². The van der Waals surface area contributed by atoms with Gasteiger partial charge in [-0.3, -0.25) is 14.7 Å². The fourth-order valence-corrected chi connectivity index (χ4v) is 3.94. The molecule has 1 aromatic carbocycles. The van der Waals surface area contributed by atoms with Crippen molar-refractivity contribution in [3.63, 3.8) is 0 Å². The third-order valence-corrected chi connectivity index (χ3v) is 5.61. The van der Waals surface area contributed by atoms with Crippen LogP contribution in [0.2, 0.25) is 0 Å². The van der Waals surface area contributed by atoms with Gasteiger partial charge < -0.3 is 20.3 Å². The largest absolute Gasteiger partial charge is 0.490 e. The van der Waals surface area contributed by atoms with Crippen LogP contribution in [0.4, 0.5) is 26.3 Å². The number of carboxylic acids is 2. The summed E-state index contributed by atoms with van der Waals surface area (Å²) >= 11 is 0. The summed E-state index contributed by atoms with van der Waals surface area (Å²) in [6, 6.07) is 12.5. The summed E-state index contributed by atoms with van der Waals surface area (Å²) in [7, 11) is 1.68. The number of amides is 1. The number of nitrogens with zero attached hydrogens (tertiary/aromatic N) is 2. The monoisotopic (exact) mass is 553 g/mol. The van der Waals surface area contributed by atoms with Crippen LogP contribution in [0.3, 0.4) is 0 Å². The number of carbonyl (C=O) groups excluding carboxylic acids is 1. The standard InChI is InChI=1S/C19H23N3O2.2C2HF3O2/c1-20-19(23)9-16-8-14-10-22(12-18(14)24-16)11-15-7-6-13-4-2-3-5-17(13)21-15;2*3-2(4,5)1(6)7/h2-7,14,16,18H,8-12H2,1H3,(H,20,23);2*(H,6,7)/t14-,16+,18+;;/m0../s1. The Balaban J connectivity index is 0.000000301. The number of carboxylic acid groups (broad SMARTS) is 2. The van der Waals surface area contributed by atoms with E-state index in [1.807, 2.05) is 12.1 Å². The Morgan fingerprint density at radius 1 is 1.00 bits per heavy atom. The number of aromatic nitrogens is 1. The second kappa shape index (κ2) is 12.9. The first-order valence-corrected chi connectivity index (χ1v) is 11.1. The van der Waals surface area contributed by atoms with Crippen molar-refractivity contribution >= 4 is 28.7 Å². The summed E-state index contributed by atoms with van der Waals surface area (Å²) in [6.45, 7) is 2.83. The van der Waals surface area contributed by atoms with Crippen LogP contribution in [0.1, 0.15) is 18.5 Å². The number of hydrogen-bond donors (Lipinski definition) is 3. The maximum atomic E-state index is 11.5. The molecule has 3 atom stereocenters. The maximum absolute atomic E-state index is 11.5. The highest BCUT2D eigenvalue weighted by molar-refractivity contribution is 5.78. The summed E-state index contributed by atoms with van der Waals surface area (Å²) in [5.41, 5.74) is 2.16. The SMILES string of the molecule is CNC(=O)C[C@H]1C[C@H]2CN(Cc3ccc4ccccc4n3)C[C@H]2O1.O=C(O)C(F)(F)F.O=C(O)C(F)(F)F. The Morgan fingerprint density at radius 3 is 2.11 bits per heavy atom. The molecule has 0 saturated carbocycles. The molecule has 0 spiro atoms. The average Bonchev–Trinajstić information content (AvgIpc) is 3.36. The molecule has 38 heavy (non-hydrogen) atoms. The quantitative estimate of drug-likeness (QED) is 0.493. The van der Waals surface area contributed by atoms with Crippen molar-refractivity contribution in [2.45, 2.75) is 43.9 Å². The average molecular weight is 553 g/mol. The van der Waals surface area contributed by atoms with Gasteiger partial charge in [0.1, 0.15) is 0 Å². The molecule has 0 aliphatic carbocycles. The zero-order chi connectivity index (χ0) is 28.7. The van der Waals surface area contributed by atoms with E-state index in [0.717, 1.165) is 37.3 Å². The van der Waals surface area contributed by atoms with Crippen LogP contribution < -0.4 is 5.32 Å². The van der Waals surface area contributed by atoms with E-state index < -0.39 is 24.3 Å². The lowest BCUT2D eigenvalue weighted by atomic mass is 10.0. The van der Waals surface area contributed by atoms with Crippen LogP contribution >= 0.6 is 0 Å². The summed E-state index contributed by atoms with van der Waals surface area (Å²) in [5.74, 6) is -4.91. The number of carbonyl (C=O) groups is 3. The van der Waals surface area contributed by atoms with Crippen LogP contribution in [0.25, 0.3) is 10.9 Å². The number of alkyl halides is 6. The van der Waals surface area contributed by atoms with Crippen molar-refractivity contribution in [2.75, 3.05) is 20.1 Å². The lowest BCUT2D eigenvalue weighted by molar-refractivity contribution is -0.193. The number of halogens is 6. The van der Waals surface area contributed by atoms with E-state index >= 15 is 0 Å². The van der Waals surface area contributed by atoms with Crippen LogP contribution in [0.5, 0.6) is 0 Å². The topological polar surface area (TPSA) is 129 Å². The molecule has 15 heteroatoms. The molecule has 1 aromatic heterocycles. The van der Waals surface area contributed by atoms with Gasteiger partial charge in [-0.05, 0) is 18.6 Å². The van der Waals surface area contributed by atoms with Gasteiger partial charge in [0.15, 0.2) is 0 Å². The predicted molar refractivity (Wildman–Crippen MR) is 120 cm³/mol. The third kappa shape index (κ3) is 9.45. The van der Waals surface area contributed by atoms with Gasteiger partial charge in [0.05, 0.1) is 29.8 Å². The lowest BCUT2D eigenvalue weighted by Gasteiger charge is -2.18. The summed E-state index contributed by atoms with van der Waals surface area (Å²) in [4.78, 5) is 36.5. The molecule has 0 radical (unpaired) electrons. The number of fused-ring (bicyclic) bond motifs is 2. The highest BCUT2D eigenvalue weighted by Crippen LogP contribution is 2.34. The lowest BCUT2D eigenvalue weighted by Crippen LogP contribution is -2.28. The number of nitrogens with one attached hydrogen (secondary N) is 1. The van der Waals surface area contributed by atoms with Gasteiger partial charge in [-0.25, -0.2) is 9.59 Å². The zero-order valence-corrected chi connectivity index (χ0v) is 19.9. The molecule has 0 unspecified atom stereocenters. The molecule has 3 N–H and O–H groups in total. The number of likely N-dealkylation sites (tertiary alicyclic amines) is 1. The van der Waals surface area contributed by atoms with E-state index in [0.29, 0.717) is 12.3 Å². The Kier molecular flexibility index (Phi) is 10.4. The fraction of sp³-hybridized carbons (Fsp3) is 0.478. The van der Waals surface area contributed by atoms with Crippen LogP contribution in [0.15, 0.2) is 36.4 Å². The van der Waals surface area contributed by atoms with E-state index in [-0.39, 0.29) is 18.1 Å². The molecule has 0 bridgehead atoms. The Morgan fingerprint density at radius 2 is 1.58 bits per heavy atom. The number of rotatable bonds is 4. The number of pyridine rings is 1. The third-order valence-electron chi connectivity index (χ3n) is 5.61. The Labute approximate surface area is 212 Å². The maximum Gasteiger partial charge on any atom is 0.490 e. The first kappa shape index (κ1) is 30.8. The van der Waals surface area contributed by atoms with Gasteiger partial charge in [0.2, 0.25) is 5.91 Å². The number of hydrogen-bond acceptors (Lipinski definition) is 6. The summed E-state index contributed by atoms with van der Waals surface area (Å²) in [5, 5.41) is 18.1. The van der Waals surface area contributed by atoms with Crippen molar-refractivity contribution < 1.29 is 55.7 Å². The molecule has 9 nitrogen and oxygen atoms in total. The molecule has 2 aromatic rings. The molecule has 210 valence electrons. The number of benzene rings is 1. The van der Waals surface area contributed by atoms with Crippen LogP contribution in [0, 0.1) is 5.92 Å². The Hall–Kier alpha value is -3.46. The van der Waals surface area contributed by atoms with E-state index in [4.69, 9.17) is 29.5 Å². The number of aliphatic carboxylic acids is 2. The first-order chi connectivity index (χ1) is 17.6. The predicted octanol–water partition coefficient (Wildman–Crippen LogP) is 3.23. The normalized spacial score (nSPS) is 21.0. The minimum Gasteiger partial charge on any atom is -0.475 e. The highest BCUT2D eigenvalue weighted by atomic mass is 19.4. The van der Waals surface area contributed by atoms with Gasteiger partial charge in [0, 0.05) is 38.0 Å². The Bertz CT molecular complexity index is 1090. The first-order valence-electron chi connectivity index (χ1n) is 11.1. The zero-order valence-electron chi connectivity index (χ0n) is 19.9. The van der Waals surface area contributed by atoms with Crippen molar-refractivity contribution in [3.8, 4) is 0 Å². The molecule has 1 amide bonds. The number of ether oxygens (including phenoxy) is 1. The molecule has 4 rings (SSSR count). The molecule has 2 aliphatic heterocycles. The number of para-hydroxylation sites is 1. The molecule has 2 fully saturated rings. The highest BCUT2D eigenvalue weighted by Gasteiger charge is 2.42. The van der Waals surface area contributed by atoms with E-state index in [2.05, 4.69) is 34.5 Å². The van der Waals surface area contributed by atoms with Crippen molar-refractivity contribution in [1.82, 2.24) is 15.2 Å². The second-order valence-corrected chi connectivity index (χ2v) is 8.46. The summed E-state index contributed by atoms with van der Waals surface area (Å²) in [6.07, 6.45) is -8.35. The van der Waals surface area contributed by atoms with E-state index in [9.17, 15) is 31.1 Å². The minimum absolute atomic E-state index is 0.0668. The van der Waals surface area contributed by atoms with Crippen LogP contribution in [-0.4, -0.2) is 82.6 Å². The van der Waals surface area contributed by atoms with E-state index in [1.165, 1.54) is 5.39 Å². The molecule has 2 aliphatic rings. The van der Waals surface area contributed by atoms with Gasteiger partial charge in [-0.1, -0.05) is 24.3 Å². The van der Waals surface area contributed by atoms with E-state index in [1.54, 1.807) is 7.05 Å². The van der Waals surface area contributed by atoms with Gasteiger partial charge in [0.25, 0.3) is 0 Å².